The molecule has 1 fully saturated rings. The van der Waals surface area contributed by atoms with Crippen LogP contribution in [0.4, 0.5) is 5.69 Å². The topological polar surface area (TPSA) is 32.8 Å². The largest absolute Gasteiger partial charge is 0.496 e. The summed E-state index contributed by atoms with van der Waals surface area (Å²) in [6, 6.07) is 6.58. The summed E-state index contributed by atoms with van der Waals surface area (Å²) < 4.78 is 5.37. The smallest absolute Gasteiger partial charge is 0.219 e. The van der Waals surface area contributed by atoms with Crippen LogP contribution in [0, 0.1) is 6.92 Å². The van der Waals surface area contributed by atoms with E-state index in [1.54, 1.807) is 14.0 Å². The first kappa shape index (κ1) is 13.7. The molecule has 1 amide bonds. The van der Waals surface area contributed by atoms with E-state index in [-0.39, 0.29) is 5.91 Å². The van der Waals surface area contributed by atoms with Crippen molar-refractivity contribution in [2.45, 2.75) is 26.3 Å². The van der Waals surface area contributed by atoms with E-state index >= 15 is 0 Å². The molecule has 0 aromatic heterocycles. The molecule has 2 rings (SSSR count). The highest BCUT2D eigenvalue weighted by molar-refractivity contribution is 5.73. The number of rotatable bonds is 3. The van der Waals surface area contributed by atoms with Gasteiger partial charge < -0.3 is 14.5 Å². The number of benzene rings is 1. The number of hydrogen-bond donors (Lipinski definition) is 0. The number of ether oxygens (including phenoxy) is 1. The molecule has 1 saturated heterocycles. The molecule has 1 aliphatic heterocycles. The number of methoxy groups -OCH3 is 1. The number of carbonyl (C=O) groups is 1. The van der Waals surface area contributed by atoms with E-state index in [9.17, 15) is 4.79 Å². The minimum absolute atomic E-state index is 0.133. The van der Waals surface area contributed by atoms with E-state index in [0.717, 1.165) is 30.8 Å². The van der Waals surface area contributed by atoms with E-state index in [4.69, 9.17) is 4.74 Å². The van der Waals surface area contributed by atoms with E-state index in [2.05, 4.69) is 23.1 Å². The predicted molar refractivity (Wildman–Crippen MR) is 76.8 cm³/mol. The SMILES string of the molecule is COc1cc(N2CCC(N(C)C(C)=O)C2)ccc1C. The van der Waals surface area contributed by atoms with Crippen LogP contribution in [-0.2, 0) is 4.79 Å². The molecule has 19 heavy (non-hydrogen) atoms. The van der Waals surface area contributed by atoms with Crippen LogP contribution >= 0.6 is 0 Å². The minimum atomic E-state index is 0.133. The highest BCUT2D eigenvalue weighted by Gasteiger charge is 2.27. The van der Waals surface area contributed by atoms with Crippen LogP contribution in [0.1, 0.15) is 18.9 Å². The number of amides is 1. The van der Waals surface area contributed by atoms with Gasteiger partial charge in [-0.3, -0.25) is 4.79 Å². The van der Waals surface area contributed by atoms with Crippen LogP contribution in [-0.4, -0.2) is 44.1 Å². The molecule has 0 saturated carbocycles. The van der Waals surface area contributed by atoms with Crippen molar-refractivity contribution in [3.63, 3.8) is 0 Å². The van der Waals surface area contributed by atoms with Crippen LogP contribution in [0.3, 0.4) is 0 Å². The Morgan fingerprint density at radius 1 is 1.47 bits per heavy atom. The number of hydrogen-bond acceptors (Lipinski definition) is 3. The van der Waals surface area contributed by atoms with Gasteiger partial charge in [0.2, 0.25) is 5.91 Å². The second kappa shape index (κ2) is 5.51. The zero-order valence-electron chi connectivity index (χ0n) is 12.1. The van der Waals surface area contributed by atoms with Gasteiger partial charge in [0, 0.05) is 38.8 Å². The quantitative estimate of drug-likeness (QED) is 0.836. The number of anilines is 1. The van der Waals surface area contributed by atoms with Gasteiger partial charge in [-0.05, 0) is 25.0 Å². The Hall–Kier alpha value is -1.71. The Balaban J connectivity index is 2.10. The van der Waals surface area contributed by atoms with Gasteiger partial charge in [0.05, 0.1) is 13.2 Å². The summed E-state index contributed by atoms with van der Waals surface area (Å²) in [5.41, 5.74) is 2.31. The summed E-state index contributed by atoms with van der Waals surface area (Å²) in [6.07, 6.45) is 1.02. The lowest BCUT2D eigenvalue weighted by atomic mass is 10.2. The van der Waals surface area contributed by atoms with Crippen LogP contribution in [0.15, 0.2) is 18.2 Å². The van der Waals surface area contributed by atoms with Gasteiger partial charge in [-0.1, -0.05) is 6.07 Å². The molecule has 4 nitrogen and oxygen atoms in total. The minimum Gasteiger partial charge on any atom is -0.496 e. The number of aryl methyl sites for hydroxylation is 1. The number of carbonyl (C=O) groups excluding carboxylic acids is 1. The average Bonchev–Trinajstić information content (AvgIpc) is 2.87. The number of likely N-dealkylation sites (N-methyl/N-ethyl adjacent to an activating group) is 1. The Labute approximate surface area is 115 Å². The van der Waals surface area contributed by atoms with Gasteiger partial charge in [0.1, 0.15) is 5.75 Å². The summed E-state index contributed by atoms with van der Waals surface area (Å²) >= 11 is 0. The molecule has 104 valence electrons. The lowest BCUT2D eigenvalue weighted by Crippen LogP contribution is -2.37. The van der Waals surface area contributed by atoms with Crippen molar-refractivity contribution in [1.29, 1.82) is 0 Å². The molecule has 1 unspecified atom stereocenters. The molecule has 0 bridgehead atoms. The molecule has 1 aromatic carbocycles. The van der Waals surface area contributed by atoms with E-state index < -0.39 is 0 Å². The van der Waals surface area contributed by atoms with Crippen molar-refractivity contribution in [2.75, 3.05) is 32.1 Å². The molecule has 4 heteroatoms. The fourth-order valence-corrected chi connectivity index (χ4v) is 2.55. The maximum absolute atomic E-state index is 11.4. The third-order valence-corrected chi connectivity index (χ3v) is 3.96. The van der Waals surface area contributed by atoms with Crippen LogP contribution < -0.4 is 9.64 Å². The summed E-state index contributed by atoms with van der Waals surface area (Å²) in [5, 5.41) is 0. The van der Waals surface area contributed by atoms with Crippen molar-refractivity contribution in [2.24, 2.45) is 0 Å². The lowest BCUT2D eigenvalue weighted by molar-refractivity contribution is -0.129. The maximum Gasteiger partial charge on any atom is 0.219 e. The van der Waals surface area contributed by atoms with Crippen molar-refractivity contribution in [3.8, 4) is 5.75 Å². The third-order valence-electron chi connectivity index (χ3n) is 3.96. The summed E-state index contributed by atoms with van der Waals surface area (Å²) in [7, 11) is 3.58. The van der Waals surface area contributed by atoms with Gasteiger partial charge in [-0.2, -0.15) is 0 Å². The summed E-state index contributed by atoms with van der Waals surface area (Å²) in [4.78, 5) is 15.6. The zero-order valence-corrected chi connectivity index (χ0v) is 12.1. The Morgan fingerprint density at radius 2 is 2.21 bits per heavy atom. The van der Waals surface area contributed by atoms with Crippen molar-refractivity contribution < 1.29 is 9.53 Å². The Morgan fingerprint density at radius 3 is 2.84 bits per heavy atom. The molecule has 0 N–H and O–H groups in total. The van der Waals surface area contributed by atoms with Crippen LogP contribution in [0.2, 0.25) is 0 Å². The first-order valence-electron chi connectivity index (χ1n) is 6.66. The predicted octanol–water partition coefficient (Wildman–Crippen LogP) is 2.06. The van der Waals surface area contributed by atoms with E-state index in [1.807, 2.05) is 18.9 Å². The highest BCUT2D eigenvalue weighted by atomic mass is 16.5. The van der Waals surface area contributed by atoms with Crippen molar-refractivity contribution in [1.82, 2.24) is 4.90 Å². The second-order valence-electron chi connectivity index (χ2n) is 5.17. The normalized spacial score (nSPS) is 18.5. The van der Waals surface area contributed by atoms with Crippen molar-refractivity contribution >= 4 is 11.6 Å². The molecular formula is C15H22N2O2. The standard InChI is InChI=1S/C15H22N2O2/c1-11-5-6-13(9-15(11)19-4)17-8-7-14(10-17)16(3)12(2)18/h5-6,9,14H,7-8,10H2,1-4H3. The van der Waals surface area contributed by atoms with Gasteiger partial charge in [-0.25, -0.2) is 0 Å². The maximum atomic E-state index is 11.4. The molecule has 0 radical (unpaired) electrons. The Bertz CT molecular complexity index is 473. The molecule has 1 atom stereocenters. The third kappa shape index (κ3) is 2.83. The second-order valence-corrected chi connectivity index (χ2v) is 5.17. The van der Waals surface area contributed by atoms with Gasteiger partial charge in [0.15, 0.2) is 0 Å². The van der Waals surface area contributed by atoms with Crippen LogP contribution in [0.25, 0.3) is 0 Å². The first-order valence-corrected chi connectivity index (χ1v) is 6.66. The van der Waals surface area contributed by atoms with Gasteiger partial charge >= 0.3 is 0 Å². The highest BCUT2D eigenvalue weighted by Crippen LogP contribution is 2.28. The van der Waals surface area contributed by atoms with Crippen molar-refractivity contribution in [3.05, 3.63) is 23.8 Å². The average molecular weight is 262 g/mol. The Kier molecular flexibility index (Phi) is 3.98. The van der Waals surface area contributed by atoms with Gasteiger partial charge in [0.25, 0.3) is 0 Å². The summed E-state index contributed by atoms with van der Waals surface area (Å²) in [6.45, 7) is 5.54. The molecule has 1 heterocycles. The fraction of sp³-hybridized carbons (Fsp3) is 0.533. The summed E-state index contributed by atoms with van der Waals surface area (Å²) in [5.74, 6) is 1.05. The lowest BCUT2D eigenvalue weighted by Gasteiger charge is -2.24. The van der Waals surface area contributed by atoms with Gasteiger partial charge in [-0.15, -0.1) is 0 Å². The molecule has 1 aliphatic rings. The van der Waals surface area contributed by atoms with E-state index in [1.165, 1.54) is 5.69 Å². The zero-order chi connectivity index (χ0) is 14.0. The number of nitrogens with zero attached hydrogens (tertiary/aromatic N) is 2. The van der Waals surface area contributed by atoms with Crippen LogP contribution in [0.5, 0.6) is 5.75 Å². The molecule has 0 spiro atoms. The first-order chi connectivity index (χ1) is 9.02. The van der Waals surface area contributed by atoms with E-state index in [0.29, 0.717) is 6.04 Å². The fourth-order valence-electron chi connectivity index (χ4n) is 2.55. The monoisotopic (exact) mass is 262 g/mol. The molecule has 1 aromatic rings. The molecule has 0 aliphatic carbocycles. The molecular weight excluding hydrogens is 240 g/mol.